The number of thiazole rings is 1. The van der Waals surface area contributed by atoms with E-state index in [-0.39, 0.29) is 17.5 Å². The quantitative estimate of drug-likeness (QED) is 0.639. The minimum atomic E-state index is -2.95. The Labute approximate surface area is 156 Å². The van der Waals surface area contributed by atoms with E-state index in [1.165, 1.54) is 11.3 Å². The van der Waals surface area contributed by atoms with Crippen LogP contribution in [0.25, 0.3) is 10.8 Å². The van der Waals surface area contributed by atoms with Crippen LogP contribution in [0.4, 0.5) is 0 Å². The van der Waals surface area contributed by atoms with Crippen LogP contribution in [0.3, 0.4) is 0 Å². The fraction of sp³-hybridized carbons (Fsp3) is 0.389. The molecule has 138 valence electrons. The molecule has 6 nitrogen and oxygen atoms in total. The lowest BCUT2D eigenvalue weighted by Crippen LogP contribution is -2.35. The van der Waals surface area contributed by atoms with E-state index in [0.717, 1.165) is 28.0 Å². The van der Waals surface area contributed by atoms with Gasteiger partial charge < -0.3 is 8.83 Å². The van der Waals surface area contributed by atoms with Crippen LogP contribution >= 0.6 is 11.3 Å². The SMILES string of the molecule is Cc1ccc(-c2nc(CN(Cc3ccco3)[C@H]3CCS(=O)(=O)C3)cs2)o1. The molecular weight excluding hydrogens is 372 g/mol. The number of aryl methyl sites for hydroxylation is 1. The molecule has 0 spiro atoms. The molecule has 1 aliphatic rings. The van der Waals surface area contributed by atoms with Crippen LogP contribution < -0.4 is 0 Å². The lowest BCUT2D eigenvalue weighted by atomic mass is 10.2. The van der Waals surface area contributed by atoms with E-state index in [0.29, 0.717) is 19.5 Å². The van der Waals surface area contributed by atoms with Gasteiger partial charge in [-0.3, -0.25) is 4.90 Å². The molecule has 1 saturated heterocycles. The van der Waals surface area contributed by atoms with E-state index >= 15 is 0 Å². The predicted molar refractivity (Wildman–Crippen MR) is 99.6 cm³/mol. The number of hydrogen-bond donors (Lipinski definition) is 0. The maximum absolute atomic E-state index is 11.9. The number of hydrogen-bond acceptors (Lipinski definition) is 7. The molecule has 3 aromatic heterocycles. The third-order valence-corrected chi connectivity index (χ3v) is 7.19. The van der Waals surface area contributed by atoms with E-state index in [1.54, 1.807) is 6.26 Å². The Morgan fingerprint density at radius 1 is 1.31 bits per heavy atom. The molecule has 26 heavy (non-hydrogen) atoms. The predicted octanol–water partition coefficient (Wildman–Crippen LogP) is 3.49. The van der Waals surface area contributed by atoms with Gasteiger partial charge in [-0.1, -0.05) is 0 Å². The molecule has 0 unspecified atom stereocenters. The van der Waals surface area contributed by atoms with Crippen molar-refractivity contribution in [1.29, 1.82) is 0 Å². The van der Waals surface area contributed by atoms with Crippen LogP contribution in [0.2, 0.25) is 0 Å². The average Bonchev–Trinajstić information content (AvgIpc) is 3.34. The minimum absolute atomic E-state index is 0.0129. The van der Waals surface area contributed by atoms with Crippen molar-refractivity contribution in [3.05, 3.63) is 53.1 Å². The highest BCUT2D eigenvalue weighted by Gasteiger charge is 2.33. The summed E-state index contributed by atoms with van der Waals surface area (Å²) in [7, 11) is -2.95. The first kappa shape index (κ1) is 17.5. The molecule has 8 heteroatoms. The Hall–Kier alpha value is -1.90. The smallest absolute Gasteiger partial charge is 0.162 e. The summed E-state index contributed by atoms with van der Waals surface area (Å²) in [6.45, 7) is 3.06. The summed E-state index contributed by atoms with van der Waals surface area (Å²) < 4.78 is 34.9. The van der Waals surface area contributed by atoms with Gasteiger partial charge in [-0.2, -0.15) is 0 Å². The third kappa shape index (κ3) is 3.92. The zero-order valence-corrected chi connectivity index (χ0v) is 16.1. The maximum Gasteiger partial charge on any atom is 0.162 e. The second-order valence-electron chi connectivity index (χ2n) is 6.60. The summed E-state index contributed by atoms with van der Waals surface area (Å²) in [4.78, 5) is 6.82. The number of rotatable bonds is 6. The van der Waals surface area contributed by atoms with Crippen LogP contribution in [-0.2, 0) is 22.9 Å². The molecule has 0 amide bonds. The summed E-state index contributed by atoms with van der Waals surface area (Å²) in [5.41, 5.74) is 0.912. The second kappa shape index (κ2) is 7.02. The Bertz CT molecular complexity index is 973. The molecule has 3 aromatic rings. The fourth-order valence-corrected chi connectivity index (χ4v) is 5.76. The first-order chi connectivity index (χ1) is 12.5. The van der Waals surface area contributed by atoms with Gasteiger partial charge in [0.05, 0.1) is 30.0 Å². The summed E-state index contributed by atoms with van der Waals surface area (Å²) in [5, 5.41) is 2.84. The Morgan fingerprint density at radius 2 is 2.19 bits per heavy atom. The zero-order chi connectivity index (χ0) is 18.1. The molecule has 1 fully saturated rings. The van der Waals surface area contributed by atoms with Crippen molar-refractivity contribution in [3.63, 3.8) is 0 Å². The van der Waals surface area contributed by atoms with Gasteiger partial charge in [0, 0.05) is 18.0 Å². The van der Waals surface area contributed by atoms with Crippen molar-refractivity contribution in [2.75, 3.05) is 11.5 Å². The van der Waals surface area contributed by atoms with Gasteiger partial charge in [0.1, 0.15) is 11.5 Å². The van der Waals surface area contributed by atoms with E-state index in [9.17, 15) is 8.42 Å². The summed E-state index contributed by atoms with van der Waals surface area (Å²) >= 11 is 1.54. The van der Waals surface area contributed by atoms with Crippen molar-refractivity contribution < 1.29 is 17.3 Å². The van der Waals surface area contributed by atoms with Gasteiger partial charge >= 0.3 is 0 Å². The molecule has 4 heterocycles. The van der Waals surface area contributed by atoms with Crippen LogP contribution in [0, 0.1) is 6.92 Å². The van der Waals surface area contributed by atoms with Crippen LogP contribution in [0.15, 0.2) is 44.7 Å². The van der Waals surface area contributed by atoms with Crippen molar-refractivity contribution in [3.8, 4) is 10.8 Å². The molecule has 0 radical (unpaired) electrons. The summed E-state index contributed by atoms with van der Waals surface area (Å²) in [6.07, 6.45) is 2.29. The summed E-state index contributed by atoms with van der Waals surface area (Å²) in [6, 6.07) is 7.58. The van der Waals surface area contributed by atoms with Crippen molar-refractivity contribution >= 4 is 21.2 Å². The molecular formula is C18H20N2O4S2. The first-order valence-electron chi connectivity index (χ1n) is 8.46. The van der Waals surface area contributed by atoms with Crippen LogP contribution in [-0.4, -0.2) is 35.8 Å². The Morgan fingerprint density at radius 3 is 2.85 bits per heavy atom. The van der Waals surface area contributed by atoms with Gasteiger partial charge in [-0.25, -0.2) is 13.4 Å². The second-order valence-corrected chi connectivity index (χ2v) is 9.68. The maximum atomic E-state index is 11.9. The molecule has 0 aliphatic carbocycles. The van der Waals surface area contributed by atoms with Gasteiger partial charge in [-0.05, 0) is 37.6 Å². The lowest BCUT2D eigenvalue weighted by molar-refractivity contribution is 0.177. The van der Waals surface area contributed by atoms with E-state index in [4.69, 9.17) is 8.83 Å². The molecule has 0 bridgehead atoms. The Kier molecular flexibility index (Phi) is 4.73. The molecule has 0 N–H and O–H groups in total. The minimum Gasteiger partial charge on any atom is -0.468 e. The van der Waals surface area contributed by atoms with Gasteiger partial charge in [0.15, 0.2) is 20.6 Å². The Balaban J connectivity index is 1.53. The number of aromatic nitrogens is 1. The van der Waals surface area contributed by atoms with Gasteiger partial charge in [0.2, 0.25) is 0 Å². The third-order valence-electron chi connectivity index (χ3n) is 4.53. The number of sulfone groups is 1. The van der Waals surface area contributed by atoms with E-state index in [1.807, 2.05) is 36.6 Å². The van der Waals surface area contributed by atoms with Gasteiger partial charge in [0.25, 0.3) is 0 Å². The molecule has 4 rings (SSSR count). The number of nitrogens with zero attached hydrogens (tertiary/aromatic N) is 2. The standard InChI is InChI=1S/C18H20N2O4S2/c1-13-4-5-17(24-13)18-19-14(11-25-18)9-20(10-16-3-2-7-23-16)15-6-8-26(21,22)12-15/h2-5,7,11,15H,6,8-10,12H2,1H3/t15-/m0/s1. The average molecular weight is 393 g/mol. The molecule has 0 aromatic carbocycles. The van der Waals surface area contributed by atoms with E-state index < -0.39 is 9.84 Å². The fourth-order valence-electron chi connectivity index (χ4n) is 3.23. The zero-order valence-electron chi connectivity index (χ0n) is 14.4. The number of furan rings is 2. The van der Waals surface area contributed by atoms with Crippen LogP contribution in [0.1, 0.15) is 23.6 Å². The monoisotopic (exact) mass is 392 g/mol. The largest absolute Gasteiger partial charge is 0.468 e. The normalized spacial score (nSPS) is 19.4. The van der Waals surface area contributed by atoms with Crippen molar-refractivity contribution in [2.24, 2.45) is 0 Å². The first-order valence-corrected chi connectivity index (χ1v) is 11.2. The highest BCUT2D eigenvalue weighted by Crippen LogP contribution is 2.28. The topological polar surface area (TPSA) is 76.6 Å². The molecule has 1 atom stereocenters. The molecule has 0 saturated carbocycles. The summed E-state index contributed by atoms with van der Waals surface area (Å²) in [5.74, 6) is 2.89. The van der Waals surface area contributed by atoms with Crippen molar-refractivity contribution in [1.82, 2.24) is 9.88 Å². The van der Waals surface area contributed by atoms with Crippen LogP contribution in [0.5, 0.6) is 0 Å². The van der Waals surface area contributed by atoms with Crippen molar-refractivity contribution in [2.45, 2.75) is 32.5 Å². The highest BCUT2D eigenvalue weighted by molar-refractivity contribution is 7.91. The molecule has 1 aliphatic heterocycles. The van der Waals surface area contributed by atoms with Gasteiger partial charge in [-0.15, -0.1) is 11.3 Å². The van der Waals surface area contributed by atoms with E-state index in [2.05, 4.69) is 9.88 Å². The lowest BCUT2D eigenvalue weighted by Gasteiger charge is -2.26. The highest BCUT2D eigenvalue weighted by atomic mass is 32.2.